The van der Waals surface area contributed by atoms with Crippen LogP contribution in [0, 0.1) is 5.92 Å². The van der Waals surface area contributed by atoms with Gasteiger partial charge in [0.15, 0.2) is 0 Å². The Bertz CT molecular complexity index is 258. The number of para-hydroxylation sites is 1. The summed E-state index contributed by atoms with van der Waals surface area (Å²) in [6.45, 7) is 4.21. The fourth-order valence-electron chi connectivity index (χ4n) is 0.980. The molecule has 0 aromatic heterocycles. The van der Waals surface area contributed by atoms with Crippen LogP contribution in [-0.2, 0) is 9.53 Å². The highest BCUT2D eigenvalue weighted by molar-refractivity contribution is 5.38. The molecule has 1 atom stereocenters. The summed E-state index contributed by atoms with van der Waals surface area (Å²) in [5.41, 5.74) is 0. The lowest BCUT2D eigenvalue weighted by Crippen LogP contribution is -2.14. The van der Waals surface area contributed by atoms with Crippen molar-refractivity contribution in [3.05, 3.63) is 30.3 Å². The number of benzene rings is 1. The maximum atomic E-state index is 9.80. The van der Waals surface area contributed by atoms with Crippen LogP contribution in [0.3, 0.4) is 0 Å². The van der Waals surface area contributed by atoms with Gasteiger partial charge in [-0.3, -0.25) is 0 Å². The number of carbonyl (C=O) groups excluding carboxylic acids is 1. The van der Waals surface area contributed by atoms with Crippen molar-refractivity contribution in [1.29, 1.82) is 0 Å². The van der Waals surface area contributed by atoms with E-state index < -0.39 is 0 Å². The Morgan fingerprint density at radius 3 is 2.64 bits per heavy atom. The first-order chi connectivity index (χ1) is 6.83. The molecule has 3 nitrogen and oxygen atoms in total. The van der Waals surface area contributed by atoms with E-state index >= 15 is 0 Å². The first-order valence-electron chi connectivity index (χ1n) is 4.49. The molecule has 14 heavy (non-hydrogen) atoms. The highest BCUT2D eigenvalue weighted by Gasteiger charge is 2.03. The molecule has 0 heterocycles. The third kappa shape index (κ3) is 3.94. The lowest BCUT2D eigenvalue weighted by atomic mass is 10.2. The highest BCUT2D eigenvalue weighted by atomic mass is 16.5. The van der Waals surface area contributed by atoms with Gasteiger partial charge in [0.1, 0.15) is 5.75 Å². The lowest BCUT2D eigenvalue weighted by molar-refractivity contribution is 0.175. The van der Waals surface area contributed by atoms with Crippen LogP contribution in [-0.4, -0.2) is 19.7 Å². The van der Waals surface area contributed by atoms with Crippen molar-refractivity contribution >= 4 is 6.47 Å². The summed E-state index contributed by atoms with van der Waals surface area (Å²) in [6.07, 6.45) is 0. The van der Waals surface area contributed by atoms with E-state index in [0.29, 0.717) is 13.2 Å². The minimum absolute atomic E-state index is 0.177. The Hall–Kier alpha value is -1.51. The molecule has 0 N–H and O–H groups in total. The van der Waals surface area contributed by atoms with Crippen LogP contribution < -0.4 is 4.74 Å². The molecule has 0 spiro atoms. The van der Waals surface area contributed by atoms with E-state index in [1.807, 2.05) is 37.3 Å². The average Bonchev–Trinajstić information content (AvgIpc) is 2.25. The van der Waals surface area contributed by atoms with E-state index in [9.17, 15) is 4.79 Å². The average molecular weight is 193 g/mol. The SMILES string of the molecule is CC(CO[C]=O)COc1ccccc1. The molecule has 0 saturated carbocycles. The van der Waals surface area contributed by atoms with Crippen molar-refractivity contribution in [1.82, 2.24) is 0 Å². The third-order valence-corrected chi connectivity index (χ3v) is 1.70. The Labute approximate surface area is 83.6 Å². The Balaban J connectivity index is 2.23. The lowest BCUT2D eigenvalue weighted by Gasteiger charge is -2.11. The molecule has 1 rings (SSSR count). The monoisotopic (exact) mass is 193 g/mol. The second-order valence-electron chi connectivity index (χ2n) is 3.12. The largest absolute Gasteiger partial charge is 0.493 e. The zero-order valence-electron chi connectivity index (χ0n) is 8.10. The van der Waals surface area contributed by atoms with Crippen molar-refractivity contribution in [2.24, 2.45) is 5.92 Å². The van der Waals surface area contributed by atoms with Crippen LogP contribution in [0.15, 0.2) is 30.3 Å². The van der Waals surface area contributed by atoms with Crippen molar-refractivity contribution < 1.29 is 14.3 Å². The third-order valence-electron chi connectivity index (χ3n) is 1.70. The van der Waals surface area contributed by atoms with E-state index in [1.54, 1.807) is 0 Å². The molecular formula is C11H13O3. The minimum atomic E-state index is 0.177. The summed E-state index contributed by atoms with van der Waals surface area (Å²) >= 11 is 0. The molecule has 0 bridgehead atoms. The molecule has 0 aliphatic carbocycles. The molecule has 0 saturated heterocycles. The van der Waals surface area contributed by atoms with Crippen LogP contribution in [0.25, 0.3) is 0 Å². The van der Waals surface area contributed by atoms with Crippen LogP contribution in [0.1, 0.15) is 6.92 Å². The van der Waals surface area contributed by atoms with Gasteiger partial charge in [0.05, 0.1) is 13.2 Å². The van der Waals surface area contributed by atoms with E-state index in [4.69, 9.17) is 4.74 Å². The summed E-state index contributed by atoms with van der Waals surface area (Å²) in [7, 11) is 0. The van der Waals surface area contributed by atoms with E-state index in [1.165, 1.54) is 6.47 Å². The van der Waals surface area contributed by atoms with Gasteiger partial charge in [-0.15, -0.1) is 0 Å². The van der Waals surface area contributed by atoms with E-state index in [0.717, 1.165) is 5.75 Å². The number of hydrogen-bond acceptors (Lipinski definition) is 3. The molecule has 0 aliphatic rings. The first-order valence-corrected chi connectivity index (χ1v) is 4.49. The van der Waals surface area contributed by atoms with Crippen LogP contribution in [0.2, 0.25) is 0 Å². The molecule has 1 unspecified atom stereocenters. The van der Waals surface area contributed by atoms with Gasteiger partial charge in [-0.1, -0.05) is 25.1 Å². The van der Waals surface area contributed by atoms with Crippen LogP contribution in [0.4, 0.5) is 0 Å². The van der Waals surface area contributed by atoms with Crippen molar-refractivity contribution in [2.75, 3.05) is 13.2 Å². The van der Waals surface area contributed by atoms with Gasteiger partial charge in [-0.05, 0) is 12.1 Å². The van der Waals surface area contributed by atoms with E-state index in [-0.39, 0.29) is 5.92 Å². The molecule has 0 fully saturated rings. The topological polar surface area (TPSA) is 35.5 Å². The fraction of sp³-hybridized carbons (Fsp3) is 0.364. The van der Waals surface area contributed by atoms with Gasteiger partial charge in [0.25, 0.3) is 0 Å². The smallest absolute Gasteiger partial charge is 0.417 e. The van der Waals surface area contributed by atoms with Gasteiger partial charge in [0, 0.05) is 5.92 Å². The molecular weight excluding hydrogens is 180 g/mol. The first kappa shape index (κ1) is 10.6. The molecule has 0 aliphatic heterocycles. The molecule has 75 valence electrons. The quantitative estimate of drug-likeness (QED) is 0.690. The molecule has 1 radical (unpaired) electrons. The zero-order chi connectivity index (χ0) is 10.2. The number of hydrogen-bond donors (Lipinski definition) is 0. The van der Waals surface area contributed by atoms with Gasteiger partial charge >= 0.3 is 6.47 Å². The maximum Gasteiger partial charge on any atom is 0.417 e. The predicted molar refractivity (Wildman–Crippen MR) is 52.7 cm³/mol. The summed E-state index contributed by atoms with van der Waals surface area (Å²) in [5, 5.41) is 0. The van der Waals surface area contributed by atoms with Gasteiger partial charge in [-0.25, -0.2) is 4.79 Å². The van der Waals surface area contributed by atoms with Crippen molar-refractivity contribution in [3.8, 4) is 5.75 Å². The van der Waals surface area contributed by atoms with Crippen LogP contribution >= 0.6 is 0 Å². The summed E-state index contributed by atoms with van der Waals surface area (Å²) in [5.74, 6) is 1.01. The minimum Gasteiger partial charge on any atom is -0.493 e. The Morgan fingerprint density at radius 2 is 2.00 bits per heavy atom. The predicted octanol–water partition coefficient (Wildman–Crippen LogP) is 1.79. The van der Waals surface area contributed by atoms with Crippen molar-refractivity contribution in [2.45, 2.75) is 6.92 Å². The van der Waals surface area contributed by atoms with E-state index in [2.05, 4.69) is 4.74 Å². The number of rotatable bonds is 6. The Kier molecular flexibility index (Phi) is 4.55. The normalized spacial score (nSPS) is 11.8. The highest BCUT2D eigenvalue weighted by Crippen LogP contribution is 2.09. The van der Waals surface area contributed by atoms with Gasteiger partial charge in [-0.2, -0.15) is 0 Å². The van der Waals surface area contributed by atoms with Crippen LogP contribution in [0.5, 0.6) is 5.75 Å². The maximum absolute atomic E-state index is 9.80. The summed E-state index contributed by atoms with van der Waals surface area (Å²) < 4.78 is 9.95. The van der Waals surface area contributed by atoms with Gasteiger partial charge in [0.2, 0.25) is 0 Å². The molecule has 1 aromatic carbocycles. The second-order valence-corrected chi connectivity index (χ2v) is 3.12. The molecule has 0 amide bonds. The summed E-state index contributed by atoms with van der Waals surface area (Å²) in [4.78, 5) is 9.80. The molecule has 1 aromatic rings. The van der Waals surface area contributed by atoms with Gasteiger partial charge < -0.3 is 9.47 Å². The Morgan fingerprint density at radius 1 is 1.29 bits per heavy atom. The second kappa shape index (κ2) is 6.02. The zero-order valence-corrected chi connectivity index (χ0v) is 8.10. The summed E-state index contributed by atoms with van der Waals surface area (Å²) in [6, 6.07) is 9.53. The number of ether oxygens (including phenoxy) is 2. The standard InChI is InChI=1S/C11H13O3/c1-10(7-13-9-12)8-14-11-5-3-2-4-6-11/h2-6,10H,7-8H2,1H3. The molecule has 3 heteroatoms. The fourth-order valence-corrected chi connectivity index (χ4v) is 0.980. The van der Waals surface area contributed by atoms with Crippen molar-refractivity contribution in [3.63, 3.8) is 0 Å².